The molecule has 0 aliphatic rings. The van der Waals surface area contributed by atoms with Crippen LogP contribution in [0.4, 0.5) is 5.13 Å². The molecule has 22 heavy (non-hydrogen) atoms. The third-order valence-corrected chi connectivity index (χ3v) is 3.89. The van der Waals surface area contributed by atoms with Crippen LogP contribution >= 0.6 is 39.7 Å². The van der Waals surface area contributed by atoms with Gasteiger partial charge in [-0.15, -0.1) is 23.7 Å². The highest BCUT2D eigenvalue weighted by molar-refractivity contribution is 9.10. The summed E-state index contributed by atoms with van der Waals surface area (Å²) in [4.78, 5) is 16.1. The van der Waals surface area contributed by atoms with Crippen LogP contribution in [0, 0.1) is 0 Å². The second-order valence-electron chi connectivity index (χ2n) is 4.27. The number of hydrogen-bond acceptors (Lipinski definition) is 5. The summed E-state index contributed by atoms with van der Waals surface area (Å²) in [6.45, 7) is 1.47. The Balaban J connectivity index is 0.00000242. The van der Waals surface area contributed by atoms with Crippen molar-refractivity contribution >= 4 is 50.7 Å². The first-order valence-corrected chi connectivity index (χ1v) is 8.07. The largest absolute Gasteiger partial charge is 0.383 e. The maximum atomic E-state index is 11.7. The standard InChI is InChI=1S/C14H16BrN3O2S.ClH/c1-20-6-5-16-8-13(19)18-14-17-12(9-21-14)10-3-2-4-11(15)7-10;/h2-4,7,9,16H,5-6,8H2,1H3,(H,17,18,19);1H. The molecule has 2 N–H and O–H groups in total. The Bertz CT molecular complexity index is 609. The highest BCUT2D eigenvalue weighted by Gasteiger charge is 2.08. The van der Waals surface area contributed by atoms with Gasteiger partial charge >= 0.3 is 0 Å². The van der Waals surface area contributed by atoms with E-state index in [0.29, 0.717) is 18.3 Å². The molecule has 120 valence electrons. The van der Waals surface area contributed by atoms with E-state index in [1.807, 2.05) is 29.6 Å². The molecular weight excluding hydrogens is 390 g/mol. The first-order valence-electron chi connectivity index (χ1n) is 6.40. The number of amides is 1. The molecule has 1 aromatic heterocycles. The predicted molar refractivity (Wildman–Crippen MR) is 95.9 cm³/mol. The lowest BCUT2D eigenvalue weighted by Crippen LogP contribution is -2.30. The number of carbonyl (C=O) groups excluding carboxylic acids is 1. The van der Waals surface area contributed by atoms with E-state index in [2.05, 4.69) is 31.5 Å². The number of rotatable bonds is 7. The molecule has 1 heterocycles. The summed E-state index contributed by atoms with van der Waals surface area (Å²) in [6.07, 6.45) is 0. The van der Waals surface area contributed by atoms with Crippen LogP contribution in [0.3, 0.4) is 0 Å². The third kappa shape index (κ3) is 6.02. The lowest BCUT2D eigenvalue weighted by atomic mass is 10.2. The van der Waals surface area contributed by atoms with Gasteiger partial charge in [-0.1, -0.05) is 28.1 Å². The fourth-order valence-corrected chi connectivity index (χ4v) is 2.79. The molecule has 0 aliphatic carbocycles. The van der Waals surface area contributed by atoms with E-state index in [4.69, 9.17) is 4.74 Å². The van der Waals surface area contributed by atoms with E-state index < -0.39 is 0 Å². The molecule has 0 saturated carbocycles. The van der Waals surface area contributed by atoms with Crippen LogP contribution < -0.4 is 10.6 Å². The van der Waals surface area contributed by atoms with Crippen molar-refractivity contribution in [3.05, 3.63) is 34.1 Å². The number of ether oxygens (including phenoxy) is 1. The van der Waals surface area contributed by atoms with Crippen molar-refractivity contribution in [2.75, 3.05) is 32.1 Å². The first-order chi connectivity index (χ1) is 10.2. The minimum absolute atomic E-state index is 0. The number of methoxy groups -OCH3 is 1. The normalized spacial score (nSPS) is 10.1. The van der Waals surface area contributed by atoms with Gasteiger partial charge in [-0.3, -0.25) is 4.79 Å². The summed E-state index contributed by atoms with van der Waals surface area (Å²) in [6, 6.07) is 7.89. The van der Waals surface area contributed by atoms with E-state index in [0.717, 1.165) is 15.7 Å². The number of benzene rings is 1. The molecule has 0 fully saturated rings. The average Bonchev–Trinajstić information content (AvgIpc) is 2.92. The molecule has 1 aromatic carbocycles. The van der Waals surface area contributed by atoms with Gasteiger partial charge in [0.05, 0.1) is 18.8 Å². The van der Waals surface area contributed by atoms with Crippen LogP contribution in [0.15, 0.2) is 34.1 Å². The molecule has 1 amide bonds. The summed E-state index contributed by atoms with van der Waals surface area (Å²) in [5, 5.41) is 8.29. The Kier molecular flexibility index (Phi) is 8.59. The summed E-state index contributed by atoms with van der Waals surface area (Å²) in [5.74, 6) is -0.110. The molecule has 8 heteroatoms. The Labute approximate surface area is 148 Å². The van der Waals surface area contributed by atoms with Crippen LogP contribution in [0.2, 0.25) is 0 Å². The number of aromatic nitrogens is 1. The van der Waals surface area contributed by atoms with Crippen molar-refractivity contribution in [2.24, 2.45) is 0 Å². The van der Waals surface area contributed by atoms with Crippen LogP contribution in [-0.4, -0.2) is 37.7 Å². The Morgan fingerprint density at radius 2 is 2.27 bits per heavy atom. The molecule has 0 bridgehead atoms. The third-order valence-electron chi connectivity index (χ3n) is 2.64. The summed E-state index contributed by atoms with van der Waals surface area (Å²) >= 11 is 4.85. The molecule has 2 aromatic rings. The van der Waals surface area contributed by atoms with Crippen molar-refractivity contribution in [1.29, 1.82) is 0 Å². The van der Waals surface area contributed by atoms with E-state index in [1.54, 1.807) is 7.11 Å². The van der Waals surface area contributed by atoms with Crippen LogP contribution in [-0.2, 0) is 9.53 Å². The molecule has 5 nitrogen and oxygen atoms in total. The lowest BCUT2D eigenvalue weighted by Gasteiger charge is -2.03. The number of hydrogen-bond donors (Lipinski definition) is 2. The van der Waals surface area contributed by atoms with E-state index in [-0.39, 0.29) is 24.9 Å². The molecule has 0 radical (unpaired) electrons. The number of nitrogens with zero attached hydrogens (tertiary/aromatic N) is 1. The first kappa shape index (κ1) is 19.1. The maximum absolute atomic E-state index is 11.7. The summed E-state index contributed by atoms with van der Waals surface area (Å²) in [5.41, 5.74) is 1.86. The van der Waals surface area contributed by atoms with Gasteiger partial charge in [0, 0.05) is 29.1 Å². The number of carbonyl (C=O) groups is 1. The van der Waals surface area contributed by atoms with Crippen LogP contribution in [0.5, 0.6) is 0 Å². The smallest absolute Gasteiger partial charge is 0.240 e. The second-order valence-corrected chi connectivity index (χ2v) is 6.04. The van der Waals surface area contributed by atoms with Gasteiger partial charge in [-0.05, 0) is 12.1 Å². The van der Waals surface area contributed by atoms with E-state index in [9.17, 15) is 4.79 Å². The van der Waals surface area contributed by atoms with Crippen molar-refractivity contribution < 1.29 is 9.53 Å². The number of thiazole rings is 1. The zero-order valence-electron chi connectivity index (χ0n) is 12.0. The van der Waals surface area contributed by atoms with Gasteiger partial charge in [0.1, 0.15) is 0 Å². The number of nitrogens with one attached hydrogen (secondary N) is 2. The molecule has 2 rings (SSSR count). The number of halogens is 2. The van der Waals surface area contributed by atoms with Gasteiger partial charge in [-0.2, -0.15) is 0 Å². The Hall–Kier alpha value is -0.990. The molecule has 0 unspecified atom stereocenters. The van der Waals surface area contributed by atoms with Crippen molar-refractivity contribution in [3.63, 3.8) is 0 Å². The van der Waals surface area contributed by atoms with Gasteiger partial charge in [0.15, 0.2) is 5.13 Å². The monoisotopic (exact) mass is 405 g/mol. The minimum Gasteiger partial charge on any atom is -0.383 e. The van der Waals surface area contributed by atoms with Crippen LogP contribution in [0.25, 0.3) is 11.3 Å². The molecule has 0 saturated heterocycles. The van der Waals surface area contributed by atoms with Crippen molar-refractivity contribution in [2.45, 2.75) is 0 Å². The SMILES string of the molecule is COCCNCC(=O)Nc1nc(-c2cccc(Br)c2)cs1.Cl. The van der Waals surface area contributed by atoms with Crippen molar-refractivity contribution in [3.8, 4) is 11.3 Å². The van der Waals surface area contributed by atoms with Gasteiger partial charge < -0.3 is 15.4 Å². The maximum Gasteiger partial charge on any atom is 0.240 e. The second kappa shape index (κ2) is 9.91. The summed E-state index contributed by atoms with van der Waals surface area (Å²) in [7, 11) is 1.63. The van der Waals surface area contributed by atoms with Gasteiger partial charge in [0.2, 0.25) is 5.91 Å². The Morgan fingerprint density at radius 3 is 3.00 bits per heavy atom. The molecular formula is C14H17BrClN3O2S. The Morgan fingerprint density at radius 1 is 1.45 bits per heavy atom. The predicted octanol–water partition coefficient (Wildman–Crippen LogP) is 3.17. The molecule has 0 atom stereocenters. The van der Waals surface area contributed by atoms with E-state index in [1.165, 1.54) is 11.3 Å². The fraction of sp³-hybridized carbons (Fsp3) is 0.286. The molecule has 0 spiro atoms. The minimum atomic E-state index is -0.110. The molecule has 0 aliphatic heterocycles. The van der Waals surface area contributed by atoms with Gasteiger partial charge in [-0.25, -0.2) is 4.98 Å². The van der Waals surface area contributed by atoms with Crippen molar-refractivity contribution in [1.82, 2.24) is 10.3 Å². The summed E-state index contributed by atoms with van der Waals surface area (Å²) < 4.78 is 5.90. The van der Waals surface area contributed by atoms with Crippen LogP contribution in [0.1, 0.15) is 0 Å². The van der Waals surface area contributed by atoms with Gasteiger partial charge in [0.25, 0.3) is 0 Å². The zero-order valence-corrected chi connectivity index (χ0v) is 15.2. The quantitative estimate of drug-likeness (QED) is 0.693. The lowest BCUT2D eigenvalue weighted by molar-refractivity contribution is -0.115. The zero-order chi connectivity index (χ0) is 15.1. The fourth-order valence-electron chi connectivity index (χ4n) is 1.65. The number of anilines is 1. The van der Waals surface area contributed by atoms with E-state index >= 15 is 0 Å². The highest BCUT2D eigenvalue weighted by atomic mass is 79.9. The average molecular weight is 407 g/mol. The highest BCUT2D eigenvalue weighted by Crippen LogP contribution is 2.26. The topological polar surface area (TPSA) is 63.2 Å².